The molecule has 0 saturated heterocycles. The van der Waals surface area contributed by atoms with E-state index in [0.717, 1.165) is 10.9 Å². The second-order valence-electron chi connectivity index (χ2n) is 2.51. The second-order valence-corrected chi connectivity index (χ2v) is 3.86. The summed E-state index contributed by atoms with van der Waals surface area (Å²) in [6.45, 7) is 0. The van der Waals surface area contributed by atoms with Crippen molar-refractivity contribution in [2.75, 3.05) is 0 Å². The molecular formula is C9H7NS2. The molecule has 0 aliphatic carbocycles. The van der Waals surface area contributed by atoms with Gasteiger partial charge in [-0.25, -0.2) is 0 Å². The highest BCUT2D eigenvalue weighted by molar-refractivity contribution is 7.80. The van der Waals surface area contributed by atoms with Gasteiger partial charge in [-0.05, 0) is 6.07 Å². The summed E-state index contributed by atoms with van der Waals surface area (Å²) >= 11 is 6.60. The van der Waals surface area contributed by atoms with Crippen LogP contribution in [-0.2, 0) is 0 Å². The third-order valence-electron chi connectivity index (χ3n) is 1.75. The summed E-state index contributed by atoms with van der Waals surface area (Å²) < 4.78 is 1.24. The summed E-state index contributed by atoms with van der Waals surface area (Å²) in [5, 5.41) is 3.17. The quantitative estimate of drug-likeness (QED) is 0.704. The van der Waals surface area contributed by atoms with Gasteiger partial charge < -0.3 is 5.73 Å². The number of hydrogen-bond donors (Lipinski definition) is 1. The summed E-state index contributed by atoms with van der Waals surface area (Å²) in [5.41, 5.74) is 6.55. The Morgan fingerprint density at radius 2 is 2.08 bits per heavy atom. The molecule has 2 aromatic rings. The van der Waals surface area contributed by atoms with Crippen LogP contribution in [0.15, 0.2) is 29.6 Å². The van der Waals surface area contributed by atoms with Crippen molar-refractivity contribution in [1.82, 2.24) is 0 Å². The summed E-state index contributed by atoms with van der Waals surface area (Å²) in [7, 11) is 0. The third-order valence-corrected chi connectivity index (χ3v) is 2.93. The highest BCUT2D eigenvalue weighted by atomic mass is 32.1. The highest BCUT2D eigenvalue weighted by Gasteiger charge is 2.03. The normalized spacial score (nSPS) is 10.3. The molecule has 1 aromatic carbocycles. The maximum absolute atomic E-state index is 5.56. The fraction of sp³-hybridized carbons (Fsp3) is 0. The van der Waals surface area contributed by atoms with E-state index in [4.69, 9.17) is 18.0 Å². The van der Waals surface area contributed by atoms with Crippen molar-refractivity contribution in [3.8, 4) is 0 Å². The van der Waals surface area contributed by atoms with Crippen LogP contribution >= 0.6 is 23.6 Å². The predicted molar refractivity (Wildman–Crippen MR) is 57.7 cm³/mol. The molecule has 0 unspecified atom stereocenters. The molecule has 1 nitrogen and oxygen atoms in total. The first-order valence-corrected chi connectivity index (χ1v) is 4.84. The highest BCUT2D eigenvalue weighted by Crippen LogP contribution is 2.25. The number of hydrogen-bond acceptors (Lipinski definition) is 2. The van der Waals surface area contributed by atoms with Crippen LogP contribution in [0.3, 0.4) is 0 Å². The first-order chi connectivity index (χ1) is 5.79. The van der Waals surface area contributed by atoms with Crippen molar-refractivity contribution in [2.24, 2.45) is 5.73 Å². The van der Waals surface area contributed by atoms with Gasteiger partial charge in [0.25, 0.3) is 0 Å². The molecule has 0 radical (unpaired) electrons. The van der Waals surface area contributed by atoms with Gasteiger partial charge in [-0.2, -0.15) is 0 Å². The monoisotopic (exact) mass is 193 g/mol. The average molecular weight is 193 g/mol. The molecule has 0 spiro atoms. The van der Waals surface area contributed by atoms with Gasteiger partial charge in [0, 0.05) is 21.0 Å². The minimum Gasteiger partial charge on any atom is -0.389 e. The van der Waals surface area contributed by atoms with Gasteiger partial charge in [-0.3, -0.25) is 0 Å². The first kappa shape index (κ1) is 7.71. The van der Waals surface area contributed by atoms with E-state index >= 15 is 0 Å². The van der Waals surface area contributed by atoms with Crippen LogP contribution in [-0.4, -0.2) is 4.99 Å². The zero-order valence-electron chi connectivity index (χ0n) is 6.28. The summed E-state index contributed by atoms with van der Waals surface area (Å²) in [4.78, 5) is 0.479. The Morgan fingerprint density at radius 1 is 1.33 bits per heavy atom. The first-order valence-electron chi connectivity index (χ1n) is 3.55. The van der Waals surface area contributed by atoms with Crippen LogP contribution in [0.4, 0.5) is 0 Å². The lowest BCUT2D eigenvalue weighted by Crippen LogP contribution is -2.07. The maximum atomic E-state index is 5.56. The van der Waals surface area contributed by atoms with E-state index in [1.807, 2.05) is 23.6 Å². The van der Waals surface area contributed by atoms with Gasteiger partial charge >= 0.3 is 0 Å². The molecule has 0 bridgehead atoms. The number of benzene rings is 1. The fourth-order valence-electron chi connectivity index (χ4n) is 1.17. The van der Waals surface area contributed by atoms with Crippen LogP contribution in [0.25, 0.3) is 10.1 Å². The third kappa shape index (κ3) is 1.11. The molecule has 0 aliphatic rings. The minimum absolute atomic E-state index is 0.479. The summed E-state index contributed by atoms with van der Waals surface area (Å²) in [6.07, 6.45) is 0. The zero-order valence-corrected chi connectivity index (χ0v) is 7.91. The second kappa shape index (κ2) is 2.84. The van der Waals surface area contributed by atoms with Gasteiger partial charge in [-0.1, -0.05) is 30.4 Å². The van der Waals surface area contributed by atoms with Gasteiger partial charge in [0.1, 0.15) is 4.99 Å². The largest absolute Gasteiger partial charge is 0.389 e. The molecule has 0 fully saturated rings. The molecule has 0 saturated carbocycles. The van der Waals surface area contributed by atoms with Gasteiger partial charge in [-0.15, -0.1) is 11.3 Å². The molecule has 3 heteroatoms. The van der Waals surface area contributed by atoms with Crippen LogP contribution in [0.1, 0.15) is 5.56 Å². The van der Waals surface area contributed by atoms with Crippen molar-refractivity contribution in [3.05, 3.63) is 35.2 Å². The number of nitrogens with two attached hydrogens (primary N) is 1. The van der Waals surface area contributed by atoms with Crippen LogP contribution < -0.4 is 5.73 Å². The van der Waals surface area contributed by atoms with Crippen LogP contribution in [0.5, 0.6) is 0 Å². The van der Waals surface area contributed by atoms with Gasteiger partial charge in [0.15, 0.2) is 0 Å². The fourth-order valence-corrected chi connectivity index (χ4v) is 2.37. The topological polar surface area (TPSA) is 26.0 Å². The molecular weight excluding hydrogens is 186 g/mol. The lowest BCUT2D eigenvalue weighted by molar-refractivity contribution is 1.76. The average Bonchev–Trinajstić information content (AvgIpc) is 2.47. The van der Waals surface area contributed by atoms with Crippen molar-refractivity contribution < 1.29 is 0 Å². The van der Waals surface area contributed by atoms with Gasteiger partial charge in [0.2, 0.25) is 0 Å². The number of rotatable bonds is 1. The molecule has 0 aliphatic heterocycles. The Hall–Kier alpha value is -0.930. The van der Waals surface area contributed by atoms with Gasteiger partial charge in [0.05, 0.1) is 0 Å². The molecule has 2 rings (SSSR count). The van der Waals surface area contributed by atoms with E-state index in [0.29, 0.717) is 4.99 Å². The van der Waals surface area contributed by atoms with Crippen molar-refractivity contribution in [2.45, 2.75) is 0 Å². The Balaban J connectivity index is 2.79. The molecule has 0 atom stereocenters. The number of fused-ring (bicyclic) bond motifs is 1. The van der Waals surface area contributed by atoms with E-state index in [2.05, 4.69) is 6.07 Å². The maximum Gasteiger partial charge on any atom is 0.105 e. The lowest BCUT2D eigenvalue weighted by atomic mass is 10.2. The van der Waals surface area contributed by atoms with Crippen LogP contribution in [0, 0.1) is 0 Å². The standard InChI is InChI=1S/C9H7NS2/c10-9(11)7-5-12-8-4-2-1-3-6(7)8/h1-5H,(H2,10,11). The molecule has 0 amide bonds. The number of thiocarbonyl (C=S) groups is 1. The van der Waals surface area contributed by atoms with Crippen molar-refractivity contribution in [3.63, 3.8) is 0 Å². The molecule has 2 N–H and O–H groups in total. The molecule has 1 aromatic heterocycles. The lowest BCUT2D eigenvalue weighted by Gasteiger charge is -1.93. The summed E-state index contributed by atoms with van der Waals surface area (Å²) in [6, 6.07) is 8.13. The SMILES string of the molecule is NC(=S)c1csc2ccccc12. The smallest absolute Gasteiger partial charge is 0.105 e. The Kier molecular flexibility index (Phi) is 1.83. The van der Waals surface area contributed by atoms with E-state index in [1.54, 1.807) is 11.3 Å². The van der Waals surface area contributed by atoms with Crippen molar-refractivity contribution in [1.29, 1.82) is 0 Å². The molecule has 1 heterocycles. The Labute approximate surface area is 79.8 Å². The minimum atomic E-state index is 0.479. The van der Waals surface area contributed by atoms with E-state index in [-0.39, 0.29) is 0 Å². The Morgan fingerprint density at radius 3 is 2.83 bits per heavy atom. The molecule has 12 heavy (non-hydrogen) atoms. The van der Waals surface area contributed by atoms with Crippen molar-refractivity contribution >= 4 is 38.6 Å². The van der Waals surface area contributed by atoms with E-state index in [9.17, 15) is 0 Å². The predicted octanol–water partition coefficient (Wildman–Crippen LogP) is 2.54. The summed E-state index contributed by atoms with van der Waals surface area (Å²) in [5.74, 6) is 0. The van der Waals surface area contributed by atoms with E-state index < -0.39 is 0 Å². The van der Waals surface area contributed by atoms with Crippen LogP contribution in [0.2, 0.25) is 0 Å². The molecule has 60 valence electrons. The Bertz CT molecular complexity index is 431. The number of thiophene rings is 1. The van der Waals surface area contributed by atoms with E-state index in [1.165, 1.54) is 4.70 Å². The zero-order chi connectivity index (χ0) is 8.55.